The van der Waals surface area contributed by atoms with Gasteiger partial charge in [0.1, 0.15) is 5.75 Å². The molecular formula is C8H9BO4. The number of carbonyl (C=O) groups excluding carboxylic acids is 1. The normalized spacial score (nSPS) is 9.46. The van der Waals surface area contributed by atoms with Crippen LogP contribution in [0, 0.1) is 0 Å². The molecule has 1 aromatic carbocycles. The monoisotopic (exact) mass is 180 g/mol. The Kier molecular flexibility index (Phi) is 3.05. The van der Waals surface area contributed by atoms with Crippen LogP contribution < -0.4 is 4.65 Å². The first-order valence-corrected chi connectivity index (χ1v) is 3.73. The third-order valence-corrected chi connectivity index (χ3v) is 1.48. The van der Waals surface area contributed by atoms with Crippen molar-refractivity contribution in [2.24, 2.45) is 0 Å². The molecule has 1 rings (SSSR count). The van der Waals surface area contributed by atoms with E-state index in [-0.39, 0.29) is 11.5 Å². The lowest BCUT2D eigenvalue weighted by Gasteiger charge is -2.04. The molecule has 5 heteroatoms. The molecule has 0 unspecified atom stereocenters. The summed E-state index contributed by atoms with van der Waals surface area (Å²) in [6.07, 6.45) is 0. The SMILES string of the molecule is CC(=O)c1cccc(OB(O)O)c1. The summed E-state index contributed by atoms with van der Waals surface area (Å²) in [7, 11) is -1.86. The van der Waals surface area contributed by atoms with Crippen LogP contribution in [0.1, 0.15) is 17.3 Å². The molecule has 0 aromatic heterocycles. The molecule has 0 saturated carbocycles. The average Bonchev–Trinajstić information content (AvgIpc) is 2.03. The summed E-state index contributed by atoms with van der Waals surface area (Å²) in [5.41, 5.74) is 0.471. The molecule has 0 heterocycles. The van der Waals surface area contributed by atoms with Crippen LogP contribution in [0.3, 0.4) is 0 Å². The van der Waals surface area contributed by atoms with Gasteiger partial charge in [0.2, 0.25) is 0 Å². The minimum atomic E-state index is -1.86. The fraction of sp³-hybridized carbons (Fsp3) is 0.125. The quantitative estimate of drug-likeness (QED) is 0.516. The van der Waals surface area contributed by atoms with E-state index in [1.165, 1.54) is 19.1 Å². The van der Waals surface area contributed by atoms with E-state index < -0.39 is 7.32 Å². The highest BCUT2D eigenvalue weighted by molar-refractivity contribution is 6.33. The standard InChI is InChI=1S/C8H9BO4/c1-6(10)7-3-2-4-8(5-7)13-9(11)12/h2-5,11-12H,1H3. The lowest BCUT2D eigenvalue weighted by Crippen LogP contribution is -2.20. The van der Waals surface area contributed by atoms with Gasteiger partial charge in [0.15, 0.2) is 5.78 Å². The number of hydrogen-bond acceptors (Lipinski definition) is 4. The second-order valence-corrected chi connectivity index (χ2v) is 2.53. The molecule has 13 heavy (non-hydrogen) atoms. The molecule has 0 atom stereocenters. The lowest BCUT2D eigenvalue weighted by atomic mass is 10.1. The molecule has 1 aromatic rings. The Morgan fingerprint density at radius 2 is 2.15 bits per heavy atom. The maximum atomic E-state index is 10.9. The fourth-order valence-electron chi connectivity index (χ4n) is 0.910. The molecule has 0 aliphatic rings. The van der Waals surface area contributed by atoms with Gasteiger partial charge in [-0.3, -0.25) is 4.79 Å². The van der Waals surface area contributed by atoms with E-state index in [1.54, 1.807) is 12.1 Å². The molecule has 0 radical (unpaired) electrons. The van der Waals surface area contributed by atoms with E-state index in [9.17, 15) is 4.79 Å². The van der Waals surface area contributed by atoms with Gasteiger partial charge in [-0.25, -0.2) is 0 Å². The molecule has 4 nitrogen and oxygen atoms in total. The van der Waals surface area contributed by atoms with Crippen molar-refractivity contribution in [1.29, 1.82) is 0 Å². The zero-order chi connectivity index (χ0) is 9.84. The Labute approximate surface area is 76.0 Å². The van der Waals surface area contributed by atoms with Gasteiger partial charge < -0.3 is 14.7 Å². The lowest BCUT2D eigenvalue weighted by molar-refractivity contribution is 0.101. The van der Waals surface area contributed by atoms with Crippen molar-refractivity contribution in [3.63, 3.8) is 0 Å². The van der Waals surface area contributed by atoms with Crippen molar-refractivity contribution in [2.75, 3.05) is 0 Å². The fourth-order valence-corrected chi connectivity index (χ4v) is 0.910. The van der Waals surface area contributed by atoms with Crippen LogP contribution in [0.5, 0.6) is 5.75 Å². The van der Waals surface area contributed by atoms with Crippen LogP contribution in [0.25, 0.3) is 0 Å². The Hall–Kier alpha value is -1.33. The second kappa shape index (κ2) is 4.07. The Morgan fingerprint density at radius 3 is 2.69 bits per heavy atom. The molecule has 68 valence electrons. The maximum Gasteiger partial charge on any atom is 0.707 e. The van der Waals surface area contributed by atoms with Gasteiger partial charge in [-0.1, -0.05) is 12.1 Å². The molecule has 0 aliphatic carbocycles. The van der Waals surface area contributed by atoms with Crippen molar-refractivity contribution < 1.29 is 19.5 Å². The van der Waals surface area contributed by atoms with E-state index in [1.807, 2.05) is 0 Å². The van der Waals surface area contributed by atoms with E-state index in [0.717, 1.165) is 0 Å². The molecular weight excluding hydrogens is 171 g/mol. The highest BCUT2D eigenvalue weighted by Gasteiger charge is 2.11. The molecule has 0 bridgehead atoms. The van der Waals surface area contributed by atoms with Crippen molar-refractivity contribution in [3.8, 4) is 5.75 Å². The summed E-state index contributed by atoms with van der Waals surface area (Å²) in [4.78, 5) is 10.9. The molecule has 0 saturated heterocycles. The van der Waals surface area contributed by atoms with Gasteiger partial charge in [-0.15, -0.1) is 0 Å². The highest BCUT2D eigenvalue weighted by Crippen LogP contribution is 2.13. The number of rotatable bonds is 3. The van der Waals surface area contributed by atoms with Crippen LogP contribution in [0.4, 0.5) is 0 Å². The Morgan fingerprint density at radius 1 is 1.46 bits per heavy atom. The number of Topliss-reactive ketones (excluding diaryl/α,β-unsaturated/α-hetero) is 1. The summed E-state index contributed by atoms with van der Waals surface area (Å²) in [5, 5.41) is 17.0. The van der Waals surface area contributed by atoms with Gasteiger partial charge in [0, 0.05) is 5.56 Å². The largest absolute Gasteiger partial charge is 0.707 e. The van der Waals surface area contributed by atoms with Crippen molar-refractivity contribution in [3.05, 3.63) is 29.8 Å². The highest BCUT2D eigenvalue weighted by atomic mass is 16.6. The predicted molar refractivity (Wildman–Crippen MR) is 47.3 cm³/mol. The zero-order valence-electron chi connectivity index (χ0n) is 7.10. The summed E-state index contributed by atoms with van der Waals surface area (Å²) in [6.45, 7) is 1.43. The van der Waals surface area contributed by atoms with Crippen molar-refractivity contribution in [1.82, 2.24) is 0 Å². The van der Waals surface area contributed by atoms with E-state index >= 15 is 0 Å². The van der Waals surface area contributed by atoms with Gasteiger partial charge in [0.25, 0.3) is 0 Å². The summed E-state index contributed by atoms with van der Waals surface area (Å²) >= 11 is 0. The number of hydrogen-bond donors (Lipinski definition) is 2. The van der Waals surface area contributed by atoms with E-state index in [2.05, 4.69) is 4.65 Å². The van der Waals surface area contributed by atoms with Crippen LogP contribution in [0.2, 0.25) is 0 Å². The van der Waals surface area contributed by atoms with E-state index in [4.69, 9.17) is 10.0 Å². The molecule has 0 amide bonds. The van der Waals surface area contributed by atoms with Gasteiger partial charge >= 0.3 is 7.32 Å². The van der Waals surface area contributed by atoms with Crippen molar-refractivity contribution in [2.45, 2.75) is 6.92 Å². The van der Waals surface area contributed by atoms with Gasteiger partial charge in [-0.05, 0) is 19.1 Å². The zero-order valence-corrected chi connectivity index (χ0v) is 7.10. The average molecular weight is 180 g/mol. The second-order valence-electron chi connectivity index (χ2n) is 2.53. The molecule has 0 aliphatic heterocycles. The summed E-state index contributed by atoms with van der Waals surface area (Å²) in [5.74, 6) is 0.153. The number of benzene rings is 1. The minimum absolute atomic E-state index is 0.0992. The van der Waals surface area contributed by atoms with Gasteiger partial charge in [-0.2, -0.15) is 0 Å². The number of carbonyl (C=O) groups is 1. The first kappa shape index (κ1) is 9.76. The summed E-state index contributed by atoms with van der Waals surface area (Å²) in [6, 6.07) is 6.21. The van der Waals surface area contributed by atoms with Crippen LogP contribution in [0.15, 0.2) is 24.3 Å². The maximum absolute atomic E-state index is 10.9. The van der Waals surface area contributed by atoms with Crippen LogP contribution in [-0.4, -0.2) is 23.2 Å². The minimum Gasteiger partial charge on any atom is -0.512 e. The topological polar surface area (TPSA) is 66.8 Å². The Balaban J connectivity index is 2.85. The summed E-state index contributed by atoms with van der Waals surface area (Å²) < 4.78 is 4.56. The van der Waals surface area contributed by atoms with E-state index in [0.29, 0.717) is 5.56 Å². The molecule has 2 N–H and O–H groups in total. The third-order valence-electron chi connectivity index (χ3n) is 1.48. The third kappa shape index (κ3) is 2.89. The smallest absolute Gasteiger partial charge is 0.512 e. The first-order valence-electron chi connectivity index (χ1n) is 3.73. The first-order chi connectivity index (χ1) is 6.09. The molecule has 0 spiro atoms. The number of ketones is 1. The predicted octanol–water partition coefficient (Wildman–Crippen LogP) is 0.238. The Bertz CT molecular complexity index is 311. The van der Waals surface area contributed by atoms with Gasteiger partial charge in [0.05, 0.1) is 0 Å². The molecule has 0 fully saturated rings. The van der Waals surface area contributed by atoms with Crippen LogP contribution in [-0.2, 0) is 0 Å². The van der Waals surface area contributed by atoms with Crippen LogP contribution >= 0.6 is 0 Å². The van der Waals surface area contributed by atoms with Crippen molar-refractivity contribution >= 4 is 13.1 Å².